The molecule has 2 aromatic rings. The maximum Gasteiger partial charge on any atom is 0.250 e. The van der Waals surface area contributed by atoms with E-state index in [0.717, 1.165) is 11.1 Å². The summed E-state index contributed by atoms with van der Waals surface area (Å²) in [7, 11) is 1.58. The average Bonchev–Trinajstić information content (AvgIpc) is 2.42. The van der Waals surface area contributed by atoms with Crippen LogP contribution in [0.15, 0.2) is 47.4 Å². The van der Waals surface area contributed by atoms with Crippen molar-refractivity contribution in [1.29, 1.82) is 0 Å². The van der Waals surface area contributed by atoms with Gasteiger partial charge in [-0.2, -0.15) is 0 Å². The van der Waals surface area contributed by atoms with Crippen LogP contribution < -0.4 is 10.3 Å². The summed E-state index contributed by atoms with van der Waals surface area (Å²) in [6.45, 7) is 2.09. The van der Waals surface area contributed by atoms with Gasteiger partial charge in [-0.25, -0.2) is 0 Å². The van der Waals surface area contributed by atoms with E-state index in [-0.39, 0.29) is 12.1 Å². The van der Waals surface area contributed by atoms with Crippen LogP contribution in [0.25, 0.3) is 0 Å². The van der Waals surface area contributed by atoms with Gasteiger partial charge in [0.15, 0.2) is 0 Å². The van der Waals surface area contributed by atoms with E-state index < -0.39 is 6.10 Å². The first kappa shape index (κ1) is 13.4. The molecule has 0 radical (unpaired) electrons. The third kappa shape index (κ3) is 3.23. The number of rotatable bonds is 4. The highest BCUT2D eigenvalue weighted by molar-refractivity contribution is 5.29. The van der Waals surface area contributed by atoms with Crippen molar-refractivity contribution in [3.05, 3.63) is 64.1 Å². The van der Waals surface area contributed by atoms with Crippen LogP contribution in [0.4, 0.5) is 0 Å². The van der Waals surface area contributed by atoms with Gasteiger partial charge < -0.3 is 14.4 Å². The summed E-state index contributed by atoms with van der Waals surface area (Å²) >= 11 is 0. The maximum absolute atomic E-state index is 11.8. The van der Waals surface area contributed by atoms with Crippen molar-refractivity contribution < 1.29 is 9.84 Å². The van der Waals surface area contributed by atoms with E-state index >= 15 is 0 Å². The van der Waals surface area contributed by atoms with Crippen LogP contribution in [0.2, 0.25) is 0 Å². The number of aliphatic hydroxyl groups is 1. The lowest BCUT2D eigenvalue weighted by Gasteiger charge is -2.14. The fourth-order valence-electron chi connectivity index (χ4n) is 1.90. The summed E-state index contributed by atoms with van der Waals surface area (Å²) in [6, 6.07) is 10.6. The molecule has 1 aromatic carbocycles. The van der Waals surface area contributed by atoms with Gasteiger partial charge in [-0.3, -0.25) is 4.79 Å². The van der Waals surface area contributed by atoms with Crippen LogP contribution in [0.3, 0.4) is 0 Å². The van der Waals surface area contributed by atoms with Crippen LogP contribution in [0.5, 0.6) is 5.75 Å². The predicted octanol–water partition coefficient (Wildman–Crippen LogP) is 1.90. The minimum atomic E-state index is -0.740. The number of nitrogens with zero attached hydrogens (tertiary/aromatic N) is 1. The first-order valence-corrected chi connectivity index (χ1v) is 6.09. The SMILES string of the molecule is COc1cccc(C(O)Cn2ccc(C)cc2=O)c1. The number of aromatic nitrogens is 1. The summed E-state index contributed by atoms with van der Waals surface area (Å²) in [6.07, 6.45) is 0.955. The molecule has 0 saturated heterocycles. The van der Waals surface area contributed by atoms with Crippen molar-refractivity contribution in [3.63, 3.8) is 0 Å². The summed E-state index contributed by atoms with van der Waals surface area (Å²) in [5.41, 5.74) is 1.53. The van der Waals surface area contributed by atoms with Gasteiger partial charge in [0.1, 0.15) is 5.75 Å². The molecule has 1 aromatic heterocycles. The van der Waals surface area contributed by atoms with Crippen LogP contribution in [0.1, 0.15) is 17.2 Å². The normalized spacial score (nSPS) is 12.2. The first-order valence-electron chi connectivity index (χ1n) is 6.09. The second-order valence-electron chi connectivity index (χ2n) is 4.49. The minimum Gasteiger partial charge on any atom is -0.497 e. The van der Waals surface area contributed by atoms with Crippen molar-refractivity contribution in [3.8, 4) is 5.75 Å². The molecule has 0 saturated carbocycles. The first-order chi connectivity index (χ1) is 9.10. The summed E-state index contributed by atoms with van der Waals surface area (Å²) in [5.74, 6) is 0.688. The number of aliphatic hydroxyl groups excluding tert-OH is 1. The van der Waals surface area contributed by atoms with E-state index in [4.69, 9.17) is 4.74 Å². The molecule has 0 fully saturated rings. The average molecular weight is 259 g/mol. The van der Waals surface area contributed by atoms with Gasteiger partial charge >= 0.3 is 0 Å². The lowest BCUT2D eigenvalue weighted by molar-refractivity contribution is 0.154. The monoisotopic (exact) mass is 259 g/mol. The van der Waals surface area contributed by atoms with Crippen LogP contribution in [-0.4, -0.2) is 16.8 Å². The third-order valence-corrected chi connectivity index (χ3v) is 3.00. The maximum atomic E-state index is 11.8. The molecule has 1 atom stereocenters. The molecule has 4 nitrogen and oxygen atoms in total. The van der Waals surface area contributed by atoms with Crippen molar-refractivity contribution >= 4 is 0 Å². The van der Waals surface area contributed by atoms with Gasteiger partial charge in [-0.1, -0.05) is 12.1 Å². The highest BCUT2D eigenvalue weighted by Crippen LogP contribution is 2.19. The zero-order chi connectivity index (χ0) is 13.8. The van der Waals surface area contributed by atoms with Crippen molar-refractivity contribution in [2.45, 2.75) is 19.6 Å². The zero-order valence-electron chi connectivity index (χ0n) is 11.0. The van der Waals surface area contributed by atoms with Gasteiger partial charge in [0, 0.05) is 12.3 Å². The van der Waals surface area contributed by atoms with Crippen molar-refractivity contribution in [2.24, 2.45) is 0 Å². The van der Waals surface area contributed by atoms with Gasteiger partial charge in [-0.15, -0.1) is 0 Å². The second-order valence-corrected chi connectivity index (χ2v) is 4.49. The Kier molecular flexibility index (Phi) is 4.02. The van der Waals surface area contributed by atoms with Gasteiger partial charge in [-0.05, 0) is 36.2 Å². The summed E-state index contributed by atoms with van der Waals surface area (Å²) < 4.78 is 6.61. The number of hydrogen-bond acceptors (Lipinski definition) is 3. The lowest BCUT2D eigenvalue weighted by atomic mass is 10.1. The molecule has 19 heavy (non-hydrogen) atoms. The second kappa shape index (κ2) is 5.71. The molecular formula is C15H17NO3. The Morgan fingerprint density at radius 1 is 1.32 bits per heavy atom. The highest BCUT2D eigenvalue weighted by Gasteiger charge is 2.10. The lowest BCUT2D eigenvalue weighted by Crippen LogP contribution is -2.22. The number of ether oxygens (including phenoxy) is 1. The van der Waals surface area contributed by atoms with Gasteiger partial charge in [0.2, 0.25) is 0 Å². The fourth-order valence-corrected chi connectivity index (χ4v) is 1.90. The van der Waals surface area contributed by atoms with Gasteiger partial charge in [0.05, 0.1) is 19.8 Å². The molecule has 0 bridgehead atoms. The molecule has 0 aliphatic carbocycles. The number of hydrogen-bond donors (Lipinski definition) is 1. The van der Waals surface area contributed by atoms with E-state index in [1.165, 1.54) is 4.57 Å². The molecule has 1 unspecified atom stereocenters. The Balaban J connectivity index is 2.20. The molecule has 0 aliphatic heterocycles. The standard InChI is InChI=1S/C15H17NO3/c1-11-6-7-16(15(18)8-11)10-14(17)12-4-3-5-13(9-12)19-2/h3-9,14,17H,10H2,1-2H3. The molecular weight excluding hydrogens is 242 g/mol. The Morgan fingerprint density at radius 3 is 2.79 bits per heavy atom. The molecule has 0 spiro atoms. The Bertz CT molecular complexity index is 619. The molecule has 100 valence electrons. The molecule has 4 heteroatoms. The minimum absolute atomic E-state index is 0.109. The Hall–Kier alpha value is -2.07. The van der Waals surface area contributed by atoms with Crippen LogP contribution >= 0.6 is 0 Å². The van der Waals surface area contributed by atoms with Crippen molar-refractivity contribution in [1.82, 2.24) is 4.57 Å². The topological polar surface area (TPSA) is 51.5 Å². The number of pyridine rings is 1. The third-order valence-electron chi connectivity index (χ3n) is 3.00. The molecule has 0 aliphatic rings. The molecule has 1 heterocycles. The summed E-state index contributed by atoms with van der Waals surface area (Å²) in [5, 5.41) is 10.2. The van der Waals surface area contributed by atoms with Crippen LogP contribution in [0, 0.1) is 6.92 Å². The predicted molar refractivity (Wildman–Crippen MR) is 73.4 cm³/mol. The molecule has 2 rings (SSSR count). The van der Waals surface area contributed by atoms with Gasteiger partial charge in [0.25, 0.3) is 5.56 Å². The number of benzene rings is 1. The van der Waals surface area contributed by atoms with E-state index in [2.05, 4.69) is 0 Å². The van der Waals surface area contributed by atoms with E-state index in [1.54, 1.807) is 25.4 Å². The quantitative estimate of drug-likeness (QED) is 0.912. The highest BCUT2D eigenvalue weighted by atomic mass is 16.5. The Labute approximate surface area is 111 Å². The number of aryl methyl sites for hydroxylation is 1. The Morgan fingerprint density at radius 2 is 2.11 bits per heavy atom. The fraction of sp³-hybridized carbons (Fsp3) is 0.267. The van der Waals surface area contributed by atoms with E-state index in [9.17, 15) is 9.90 Å². The van der Waals surface area contributed by atoms with E-state index in [1.807, 2.05) is 31.2 Å². The smallest absolute Gasteiger partial charge is 0.250 e. The van der Waals surface area contributed by atoms with Crippen molar-refractivity contribution in [2.75, 3.05) is 7.11 Å². The number of methoxy groups -OCH3 is 1. The molecule has 0 amide bonds. The summed E-state index contributed by atoms with van der Waals surface area (Å²) in [4.78, 5) is 11.8. The van der Waals surface area contributed by atoms with E-state index in [0.29, 0.717) is 5.75 Å². The van der Waals surface area contributed by atoms with Crippen LogP contribution in [-0.2, 0) is 6.54 Å². The molecule has 1 N–H and O–H groups in total. The largest absolute Gasteiger partial charge is 0.497 e. The zero-order valence-corrected chi connectivity index (χ0v) is 11.0.